The number of aliphatic imine (C=N–C) groups is 1. The summed E-state index contributed by atoms with van der Waals surface area (Å²) in [5.74, 6) is 0.639. The second-order valence-corrected chi connectivity index (χ2v) is 8.42. The molecule has 1 amide bonds. The van der Waals surface area contributed by atoms with Crippen LogP contribution in [0.3, 0.4) is 0 Å². The maximum atomic E-state index is 11.1. The van der Waals surface area contributed by atoms with Crippen LogP contribution in [0.25, 0.3) is 0 Å². The minimum absolute atomic E-state index is 0. The third kappa shape index (κ3) is 14.8. The number of ether oxygens (including phenoxy) is 1. The molecule has 0 saturated heterocycles. The van der Waals surface area contributed by atoms with E-state index in [9.17, 15) is 4.79 Å². The summed E-state index contributed by atoms with van der Waals surface area (Å²) in [4.78, 5) is 15.4. The predicted octanol–water partition coefficient (Wildman–Crippen LogP) is 3.30. The number of nitrogens with zero attached hydrogens (tertiary/aromatic N) is 1. The number of anilines is 1. The first-order valence-corrected chi connectivity index (χ1v) is 11.0. The van der Waals surface area contributed by atoms with Crippen molar-refractivity contribution in [1.29, 1.82) is 0 Å². The number of hydrogen-bond donors (Lipinski definition) is 4. The molecule has 8 nitrogen and oxygen atoms in total. The number of thiocarbonyl (C=S) groups is 3. The Hall–Kier alpha value is -1.83. The monoisotopic (exact) mass is 591 g/mol. The fourth-order valence-corrected chi connectivity index (χ4v) is 2.74. The number of nitrogens with one attached hydrogen (secondary N) is 4. The van der Waals surface area contributed by atoms with Crippen LogP contribution in [0.2, 0.25) is 0 Å². The van der Waals surface area contributed by atoms with Gasteiger partial charge < -0.3 is 74.8 Å². The number of hydrogen-bond acceptors (Lipinski definition) is 9. The average Bonchev–Trinajstić information content (AvgIpc) is 3.25. The number of furan rings is 1. The minimum atomic E-state index is -0.635. The smallest absolute Gasteiger partial charge is 0.463 e. The Kier molecular flexibility index (Phi) is 16.6. The van der Waals surface area contributed by atoms with Crippen molar-refractivity contribution in [3.8, 4) is 0 Å². The van der Waals surface area contributed by atoms with Gasteiger partial charge in [0.1, 0.15) is 5.76 Å². The van der Waals surface area contributed by atoms with Crippen LogP contribution in [-0.2, 0) is 49.5 Å². The van der Waals surface area contributed by atoms with E-state index in [1.165, 1.54) is 7.11 Å². The molecule has 33 heavy (non-hydrogen) atoms. The minimum Gasteiger partial charge on any atom is -0.463 e. The summed E-state index contributed by atoms with van der Waals surface area (Å²) in [7, 11) is 1.26. The Bertz CT molecular complexity index is 944. The van der Waals surface area contributed by atoms with Gasteiger partial charge >= 0.3 is 25.6 Å². The Morgan fingerprint density at radius 1 is 1.18 bits per heavy atom. The second-order valence-electron chi connectivity index (χ2n) is 5.86. The molecule has 0 aliphatic carbocycles. The van der Waals surface area contributed by atoms with Gasteiger partial charge in [-0.2, -0.15) is 0 Å². The standard InChI is InChI=1S/C14H13N3O3S.C5H10N2S4.Zn/c1-19-14(18)17-13(21)16-12-7-3-2-6-11(12)15-9-10-5-4-8-20-10;1-3(7-5(10)11)2-6-4(8)9;/h2-9H,1H3,(H2,16,17,18,21);3H,2H2,1H3,(H2,6,8,9)(H2,7,10,11);/q;;+2/p-2. The molecule has 0 radical (unpaired) electrons. The predicted molar refractivity (Wildman–Crippen MR) is 145 cm³/mol. The number of carbonyl (C=O) groups excluding carboxylic acids is 1. The maximum absolute atomic E-state index is 11.1. The first-order chi connectivity index (χ1) is 15.2. The number of rotatable bonds is 6. The molecule has 172 valence electrons. The third-order valence-corrected chi connectivity index (χ3v) is 4.07. The summed E-state index contributed by atoms with van der Waals surface area (Å²) in [6.07, 6.45) is 2.53. The van der Waals surface area contributed by atoms with Crippen molar-refractivity contribution in [3.05, 3.63) is 48.4 Å². The maximum Gasteiger partial charge on any atom is 2.00 e. The van der Waals surface area contributed by atoms with Crippen LogP contribution in [0.15, 0.2) is 52.1 Å². The van der Waals surface area contributed by atoms with Crippen LogP contribution < -0.4 is 21.3 Å². The normalized spacial score (nSPS) is 10.5. The van der Waals surface area contributed by atoms with Crippen LogP contribution in [0, 0.1) is 0 Å². The molecule has 0 fully saturated rings. The van der Waals surface area contributed by atoms with Gasteiger partial charge in [-0.15, -0.1) is 0 Å². The molecule has 0 aliphatic heterocycles. The van der Waals surface area contributed by atoms with E-state index in [0.29, 0.717) is 32.3 Å². The van der Waals surface area contributed by atoms with E-state index in [2.05, 4.69) is 80.7 Å². The first-order valence-electron chi connectivity index (χ1n) is 8.96. The summed E-state index contributed by atoms with van der Waals surface area (Å²) in [5, 5.41) is 11.1. The largest absolute Gasteiger partial charge is 2.00 e. The topological polar surface area (TPSA) is 99.9 Å². The summed E-state index contributed by atoms with van der Waals surface area (Å²) in [6.45, 7) is 2.60. The van der Waals surface area contributed by atoms with Crippen molar-refractivity contribution in [2.24, 2.45) is 4.99 Å². The SMILES string of the molecule is CC(CNC(=S)[S-])NC(=S)[S-].COC(=O)NC(=S)Nc1ccccc1N=Cc1ccco1.[Zn+2]. The van der Waals surface area contributed by atoms with E-state index in [1.54, 1.807) is 30.7 Å². The van der Waals surface area contributed by atoms with Gasteiger partial charge in [0.25, 0.3) is 0 Å². The molecular formula is C19H21N5O3S5Zn. The van der Waals surface area contributed by atoms with Crippen molar-refractivity contribution < 1.29 is 33.4 Å². The average molecular weight is 593 g/mol. The van der Waals surface area contributed by atoms with Crippen molar-refractivity contribution in [2.75, 3.05) is 19.0 Å². The molecule has 1 unspecified atom stereocenters. The fourth-order valence-electron chi connectivity index (χ4n) is 1.98. The molecule has 1 heterocycles. The molecule has 1 atom stereocenters. The Balaban J connectivity index is 0.000000732. The number of amides is 1. The van der Waals surface area contributed by atoms with E-state index in [1.807, 2.05) is 25.1 Å². The van der Waals surface area contributed by atoms with E-state index in [0.717, 1.165) is 0 Å². The number of methoxy groups -OCH3 is 1. The summed E-state index contributed by atoms with van der Waals surface area (Å²) < 4.78 is 10.4. The molecule has 2 rings (SSSR count). The van der Waals surface area contributed by atoms with Crippen molar-refractivity contribution in [1.82, 2.24) is 16.0 Å². The van der Waals surface area contributed by atoms with Crippen molar-refractivity contribution in [2.45, 2.75) is 13.0 Å². The molecule has 0 saturated carbocycles. The first kappa shape index (κ1) is 31.2. The number of para-hydroxylation sites is 2. The van der Waals surface area contributed by atoms with Gasteiger partial charge in [0.05, 0.1) is 31.0 Å². The Morgan fingerprint density at radius 3 is 2.45 bits per heavy atom. The van der Waals surface area contributed by atoms with E-state index >= 15 is 0 Å². The molecule has 1 aromatic carbocycles. The third-order valence-electron chi connectivity index (χ3n) is 3.34. The molecular weight excluding hydrogens is 572 g/mol. The molecule has 1 aromatic heterocycles. The quantitative estimate of drug-likeness (QED) is 0.172. The van der Waals surface area contributed by atoms with Gasteiger partial charge in [-0.1, -0.05) is 20.8 Å². The summed E-state index contributed by atoms with van der Waals surface area (Å²) in [5.41, 5.74) is 1.31. The van der Waals surface area contributed by atoms with Crippen LogP contribution in [0.1, 0.15) is 12.7 Å². The summed E-state index contributed by atoms with van der Waals surface area (Å²) >= 11 is 23.6. The Morgan fingerprint density at radius 2 is 1.88 bits per heavy atom. The zero-order chi connectivity index (χ0) is 23.9. The van der Waals surface area contributed by atoms with Gasteiger partial charge in [-0.05, 0) is 43.4 Å². The van der Waals surface area contributed by atoms with Gasteiger partial charge in [-0.3, -0.25) is 10.3 Å². The van der Waals surface area contributed by atoms with Gasteiger partial charge in [-0.25, -0.2) is 4.79 Å². The molecule has 14 heteroatoms. The van der Waals surface area contributed by atoms with E-state index in [-0.39, 0.29) is 30.6 Å². The fraction of sp³-hybridized carbons (Fsp3) is 0.211. The molecule has 0 spiro atoms. The number of alkyl carbamates (subject to hydrolysis) is 1. The zero-order valence-corrected chi connectivity index (χ0v) is 24.9. The van der Waals surface area contributed by atoms with Gasteiger partial charge in [0, 0.05) is 12.6 Å². The number of carbonyl (C=O) groups is 1. The van der Waals surface area contributed by atoms with Crippen molar-refractivity contribution in [3.63, 3.8) is 0 Å². The number of benzene rings is 1. The van der Waals surface area contributed by atoms with E-state index in [4.69, 9.17) is 16.6 Å². The molecule has 0 bridgehead atoms. The van der Waals surface area contributed by atoms with Crippen LogP contribution in [0.4, 0.5) is 16.2 Å². The van der Waals surface area contributed by atoms with Crippen LogP contribution >= 0.6 is 36.7 Å². The van der Waals surface area contributed by atoms with Gasteiger partial charge in [0.15, 0.2) is 5.11 Å². The van der Waals surface area contributed by atoms with Gasteiger partial charge in [0.2, 0.25) is 0 Å². The second kappa shape index (κ2) is 17.6. The van der Waals surface area contributed by atoms with Crippen LogP contribution in [0.5, 0.6) is 0 Å². The van der Waals surface area contributed by atoms with Crippen molar-refractivity contribution >= 4 is 99.3 Å². The molecule has 4 N–H and O–H groups in total. The Labute approximate surface area is 232 Å². The summed E-state index contributed by atoms with van der Waals surface area (Å²) in [6, 6.07) is 11.0. The molecule has 2 aromatic rings. The van der Waals surface area contributed by atoms with Crippen LogP contribution in [-0.4, -0.2) is 45.8 Å². The molecule has 0 aliphatic rings. The zero-order valence-electron chi connectivity index (χ0n) is 17.8. The van der Waals surface area contributed by atoms with E-state index < -0.39 is 6.09 Å².